The Balaban J connectivity index is 2.96. The molecule has 0 saturated carbocycles. The molecule has 0 fully saturated rings. The summed E-state index contributed by atoms with van der Waals surface area (Å²) in [6, 6.07) is 0. The highest BCUT2D eigenvalue weighted by molar-refractivity contribution is 7.85. The van der Waals surface area contributed by atoms with E-state index in [1.165, 1.54) is 4.68 Å². The summed E-state index contributed by atoms with van der Waals surface area (Å²) in [5.74, 6) is -1.12. The van der Waals surface area contributed by atoms with Gasteiger partial charge in [0, 0.05) is 23.4 Å². The monoisotopic (exact) mass is 292 g/mol. The van der Waals surface area contributed by atoms with E-state index in [0.717, 1.165) is 0 Å². The van der Waals surface area contributed by atoms with Gasteiger partial charge in [0.1, 0.15) is 10.4 Å². The minimum Gasteiger partial charge on any atom is -0.480 e. The number of carbonyl (C=O) groups is 1. The fourth-order valence-electron chi connectivity index (χ4n) is 1.77. The SMILES string of the molecule is Cc1nn(C)c(Cl)c1CS(=O)C(C(=O)O)C(C)C. The van der Waals surface area contributed by atoms with Gasteiger partial charge >= 0.3 is 5.97 Å². The smallest absolute Gasteiger partial charge is 0.319 e. The second-order valence-corrected chi connectivity index (χ2v) is 6.42. The first kappa shape index (κ1) is 15.2. The molecule has 7 heteroatoms. The minimum atomic E-state index is -1.51. The van der Waals surface area contributed by atoms with Crippen LogP contribution < -0.4 is 0 Å². The first-order chi connectivity index (χ1) is 8.25. The lowest BCUT2D eigenvalue weighted by atomic mass is 10.1. The summed E-state index contributed by atoms with van der Waals surface area (Å²) in [5.41, 5.74) is 1.34. The van der Waals surface area contributed by atoms with E-state index in [4.69, 9.17) is 16.7 Å². The molecular formula is C11H17ClN2O3S. The zero-order chi connectivity index (χ0) is 14.0. The lowest BCUT2D eigenvalue weighted by Crippen LogP contribution is -2.31. The minimum absolute atomic E-state index is 0.119. The predicted octanol–water partition coefficient (Wildman–Crippen LogP) is 1.74. The maximum absolute atomic E-state index is 12.1. The number of carboxylic acids is 1. The number of carboxylic acid groups (broad SMARTS) is 1. The number of aromatic nitrogens is 2. The van der Waals surface area contributed by atoms with E-state index in [1.807, 2.05) is 0 Å². The van der Waals surface area contributed by atoms with Gasteiger partial charge in [-0.05, 0) is 12.8 Å². The van der Waals surface area contributed by atoms with E-state index in [0.29, 0.717) is 16.4 Å². The molecule has 1 aromatic heterocycles. The number of halogens is 1. The Morgan fingerprint density at radius 1 is 1.56 bits per heavy atom. The van der Waals surface area contributed by atoms with Crippen LogP contribution >= 0.6 is 11.6 Å². The second kappa shape index (κ2) is 5.84. The molecule has 0 bridgehead atoms. The van der Waals surface area contributed by atoms with Crippen molar-refractivity contribution in [3.63, 3.8) is 0 Å². The highest BCUT2D eigenvalue weighted by Gasteiger charge is 2.29. The molecule has 1 heterocycles. The van der Waals surface area contributed by atoms with E-state index < -0.39 is 22.0 Å². The molecule has 2 unspecified atom stereocenters. The molecule has 0 aliphatic carbocycles. The third-order valence-corrected chi connectivity index (χ3v) is 5.05. The van der Waals surface area contributed by atoms with E-state index in [9.17, 15) is 9.00 Å². The van der Waals surface area contributed by atoms with Gasteiger partial charge in [0.15, 0.2) is 0 Å². The Labute approximate surface area is 114 Å². The lowest BCUT2D eigenvalue weighted by molar-refractivity contribution is -0.137. The van der Waals surface area contributed by atoms with Crippen LogP contribution in [0.25, 0.3) is 0 Å². The standard InChI is InChI=1S/C11H17ClN2O3S/c1-6(2)9(11(15)16)18(17)5-8-7(3)13-14(4)10(8)12/h6,9H,5H2,1-4H3,(H,15,16). The Bertz CT molecular complexity index is 485. The van der Waals surface area contributed by atoms with Crippen molar-refractivity contribution in [1.82, 2.24) is 9.78 Å². The normalized spacial score (nSPS) is 14.8. The van der Waals surface area contributed by atoms with Gasteiger partial charge in [0.25, 0.3) is 0 Å². The molecule has 0 saturated heterocycles. The summed E-state index contributed by atoms with van der Waals surface area (Å²) in [7, 11) is 0.180. The topological polar surface area (TPSA) is 72.2 Å². The van der Waals surface area contributed by atoms with E-state index >= 15 is 0 Å². The zero-order valence-corrected chi connectivity index (χ0v) is 12.4. The van der Waals surface area contributed by atoms with Gasteiger partial charge in [0.05, 0.1) is 11.4 Å². The molecule has 1 N–H and O–H groups in total. The average Bonchev–Trinajstić information content (AvgIpc) is 2.44. The number of hydrogen-bond acceptors (Lipinski definition) is 3. The van der Waals surface area contributed by atoms with Crippen LogP contribution in [0.3, 0.4) is 0 Å². The molecule has 0 amide bonds. The van der Waals surface area contributed by atoms with Crippen LogP contribution in [0.1, 0.15) is 25.1 Å². The zero-order valence-electron chi connectivity index (χ0n) is 10.8. The number of aliphatic carboxylic acids is 1. The maximum Gasteiger partial charge on any atom is 0.319 e. The molecule has 0 spiro atoms. The third kappa shape index (κ3) is 3.11. The van der Waals surface area contributed by atoms with Gasteiger partial charge in [-0.15, -0.1) is 0 Å². The fourth-order valence-corrected chi connectivity index (χ4v) is 3.73. The predicted molar refractivity (Wildman–Crippen MR) is 71.1 cm³/mol. The van der Waals surface area contributed by atoms with Crippen LogP contribution in [-0.2, 0) is 28.4 Å². The lowest BCUT2D eigenvalue weighted by Gasteiger charge is -2.15. The first-order valence-electron chi connectivity index (χ1n) is 5.53. The quantitative estimate of drug-likeness (QED) is 0.897. The molecule has 1 rings (SSSR count). The van der Waals surface area contributed by atoms with Crippen LogP contribution in [0.2, 0.25) is 5.15 Å². The van der Waals surface area contributed by atoms with Gasteiger partial charge in [-0.3, -0.25) is 13.7 Å². The van der Waals surface area contributed by atoms with Gasteiger partial charge in [-0.2, -0.15) is 5.10 Å². The van der Waals surface area contributed by atoms with Crippen molar-refractivity contribution in [3.05, 3.63) is 16.4 Å². The van der Waals surface area contributed by atoms with Crippen LogP contribution in [0.5, 0.6) is 0 Å². The van der Waals surface area contributed by atoms with E-state index in [2.05, 4.69) is 5.10 Å². The molecule has 18 heavy (non-hydrogen) atoms. The molecule has 1 aromatic rings. The van der Waals surface area contributed by atoms with Crippen LogP contribution in [0, 0.1) is 12.8 Å². The molecular weight excluding hydrogens is 276 g/mol. The Morgan fingerprint density at radius 2 is 2.11 bits per heavy atom. The molecule has 102 valence electrons. The van der Waals surface area contributed by atoms with Gasteiger partial charge in [-0.1, -0.05) is 25.4 Å². The first-order valence-corrected chi connectivity index (χ1v) is 7.29. The maximum atomic E-state index is 12.1. The highest BCUT2D eigenvalue weighted by atomic mass is 35.5. The number of aryl methyl sites for hydroxylation is 2. The Morgan fingerprint density at radius 3 is 2.44 bits per heavy atom. The fraction of sp³-hybridized carbons (Fsp3) is 0.636. The molecule has 2 atom stereocenters. The van der Waals surface area contributed by atoms with Crippen molar-refractivity contribution < 1.29 is 14.1 Å². The largest absolute Gasteiger partial charge is 0.480 e. The molecule has 0 aromatic carbocycles. The van der Waals surface area contributed by atoms with Crippen molar-refractivity contribution in [2.45, 2.75) is 31.8 Å². The van der Waals surface area contributed by atoms with Crippen molar-refractivity contribution in [3.8, 4) is 0 Å². The highest BCUT2D eigenvalue weighted by Crippen LogP contribution is 2.23. The van der Waals surface area contributed by atoms with Crippen molar-refractivity contribution in [2.75, 3.05) is 0 Å². The Hall–Kier alpha value is -0.880. The average molecular weight is 293 g/mol. The van der Waals surface area contributed by atoms with Crippen molar-refractivity contribution >= 4 is 28.4 Å². The van der Waals surface area contributed by atoms with Crippen LogP contribution in [0.4, 0.5) is 0 Å². The van der Waals surface area contributed by atoms with Gasteiger partial charge in [0.2, 0.25) is 0 Å². The summed E-state index contributed by atoms with van der Waals surface area (Å²) >= 11 is 6.04. The number of hydrogen-bond donors (Lipinski definition) is 1. The van der Waals surface area contributed by atoms with Crippen molar-refractivity contribution in [1.29, 1.82) is 0 Å². The van der Waals surface area contributed by atoms with Crippen LogP contribution in [0.15, 0.2) is 0 Å². The number of nitrogens with zero attached hydrogens (tertiary/aromatic N) is 2. The third-order valence-electron chi connectivity index (χ3n) is 2.69. The summed E-state index contributed by atoms with van der Waals surface area (Å²) < 4.78 is 13.6. The molecule has 0 aliphatic heterocycles. The molecule has 0 radical (unpaired) electrons. The summed E-state index contributed by atoms with van der Waals surface area (Å²) in [5, 5.41) is 12.7. The van der Waals surface area contributed by atoms with E-state index in [-0.39, 0.29) is 11.7 Å². The van der Waals surface area contributed by atoms with E-state index in [1.54, 1.807) is 27.8 Å². The van der Waals surface area contributed by atoms with Crippen LogP contribution in [-0.4, -0.2) is 30.3 Å². The second-order valence-electron chi connectivity index (χ2n) is 4.51. The van der Waals surface area contributed by atoms with Gasteiger partial charge in [-0.25, -0.2) is 0 Å². The summed E-state index contributed by atoms with van der Waals surface area (Å²) in [6.07, 6.45) is 0. The molecule has 5 nitrogen and oxygen atoms in total. The summed E-state index contributed by atoms with van der Waals surface area (Å²) in [4.78, 5) is 11.1. The summed E-state index contributed by atoms with van der Waals surface area (Å²) in [6.45, 7) is 5.26. The Kier molecular flexibility index (Phi) is 4.92. The number of rotatable bonds is 5. The van der Waals surface area contributed by atoms with Crippen molar-refractivity contribution in [2.24, 2.45) is 13.0 Å². The molecule has 0 aliphatic rings. The van der Waals surface area contributed by atoms with Gasteiger partial charge < -0.3 is 5.11 Å².